The molecule has 0 radical (unpaired) electrons. The predicted molar refractivity (Wildman–Crippen MR) is 142 cm³/mol. The van der Waals surface area contributed by atoms with E-state index in [0.717, 1.165) is 27.6 Å². The van der Waals surface area contributed by atoms with Crippen molar-refractivity contribution in [2.75, 3.05) is 18.5 Å². The molecule has 2 amide bonds. The standard InChI is InChI=1S/C29H27N3O4/c1-20-13-14-24(15-21(20)2)31-28(33)18-35-25-10-5-7-22(16-25)17-30-32-29(34)19-36-27-12-6-9-23-8-3-4-11-26(23)27/h3-17H,18-19H2,1-2H3,(H,31,33)(H,32,34)/b30-17+. The van der Waals surface area contributed by atoms with Gasteiger partial charge in [0.15, 0.2) is 13.2 Å². The van der Waals surface area contributed by atoms with Gasteiger partial charge in [-0.25, -0.2) is 5.43 Å². The van der Waals surface area contributed by atoms with E-state index in [1.807, 2.05) is 80.6 Å². The van der Waals surface area contributed by atoms with Crippen molar-refractivity contribution in [3.63, 3.8) is 0 Å². The second kappa shape index (κ2) is 11.7. The Hall–Kier alpha value is -4.65. The average molecular weight is 482 g/mol. The Morgan fingerprint density at radius 1 is 0.806 bits per heavy atom. The summed E-state index contributed by atoms with van der Waals surface area (Å²) in [7, 11) is 0. The van der Waals surface area contributed by atoms with Crippen molar-refractivity contribution in [1.29, 1.82) is 0 Å². The van der Waals surface area contributed by atoms with E-state index in [1.165, 1.54) is 6.21 Å². The topological polar surface area (TPSA) is 89.0 Å². The fourth-order valence-electron chi connectivity index (χ4n) is 3.53. The zero-order chi connectivity index (χ0) is 25.3. The minimum atomic E-state index is -0.380. The Kier molecular flexibility index (Phi) is 7.93. The van der Waals surface area contributed by atoms with Crippen molar-refractivity contribution in [2.45, 2.75) is 13.8 Å². The number of benzene rings is 4. The molecule has 0 saturated heterocycles. The van der Waals surface area contributed by atoms with E-state index in [1.54, 1.807) is 18.2 Å². The van der Waals surface area contributed by atoms with Gasteiger partial charge in [-0.1, -0.05) is 54.6 Å². The molecule has 2 N–H and O–H groups in total. The quantitative estimate of drug-likeness (QED) is 0.260. The molecule has 0 bridgehead atoms. The van der Waals surface area contributed by atoms with Gasteiger partial charge >= 0.3 is 0 Å². The highest BCUT2D eigenvalue weighted by atomic mass is 16.5. The number of nitrogens with zero attached hydrogens (tertiary/aromatic N) is 1. The van der Waals surface area contributed by atoms with Gasteiger partial charge < -0.3 is 14.8 Å². The van der Waals surface area contributed by atoms with Crippen molar-refractivity contribution in [2.24, 2.45) is 5.10 Å². The number of rotatable bonds is 9. The van der Waals surface area contributed by atoms with Gasteiger partial charge in [0.05, 0.1) is 6.21 Å². The van der Waals surface area contributed by atoms with Crippen LogP contribution in [0, 0.1) is 13.8 Å². The van der Waals surface area contributed by atoms with Crippen molar-refractivity contribution < 1.29 is 19.1 Å². The van der Waals surface area contributed by atoms with Crippen LogP contribution < -0.4 is 20.2 Å². The van der Waals surface area contributed by atoms with E-state index in [0.29, 0.717) is 17.1 Å². The highest BCUT2D eigenvalue weighted by Gasteiger charge is 2.07. The third-order valence-electron chi connectivity index (χ3n) is 5.53. The maximum absolute atomic E-state index is 12.2. The summed E-state index contributed by atoms with van der Waals surface area (Å²) in [6.45, 7) is 3.72. The van der Waals surface area contributed by atoms with Crippen molar-refractivity contribution in [3.05, 3.63) is 102 Å². The fraction of sp³-hybridized carbons (Fsp3) is 0.138. The number of anilines is 1. The molecule has 0 unspecified atom stereocenters. The van der Waals surface area contributed by atoms with Gasteiger partial charge in [-0.05, 0) is 66.3 Å². The molecule has 36 heavy (non-hydrogen) atoms. The number of ether oxygens (including phenoxy) is 2. The number of hydrogen-bond acceptors (Lipinski definition) is 5. The van der Waals surface area contributed by atoms with Crippen LogP contribution in [0.4, 0.5) is 5.69 Å². The third kappa shape index (κ3) is 6.70. The van der Waals surface area contributed by atoms with Crippen LogP contribution in [0.15, 0.2) is 90.0 Å². The van der Waals surface area contributed by atoms with Gasteiger partial charge in [-0.2, -0.15) is 5.10 Å². The Morgan fingerprint density at radius 3 is 2.44 bits per heavy atom. The number of carbonyl (C=O) groups excluding carboxylic acids is 2. The molecule has 7 nitrogen and oxygen atoms in total. The molecule has 182 valence electrons. The maximum Gasteiger partial charge on any atom is 0.277 e. The molecule has 0 aliphatic rings. The average Bonchev–Trinajstić information content (AvgIpc) is 2.88. The number of carbonyl (C=O) groups is 2. The molecule has 4 aromatic carbocycles. The van der Waals surface area contributed by atoms with E-state index < -0.39 is 0 Å². The Balaban J connectivity index is 1.24. The first kappa shape index (κ1) is 24.5. The van der Waals surface area contributed by atoms with Crippen LogP contribution in [-0.2, 0) is 9.59 Å². The predicted octanol–water partition coefficient (Wildman–Crippen LogP) is 5.00. The Labute approximate surface area is 209 Å². The summed E-state index contributed by atoms with van der Waals surface area (Å²) in [4.78, 5) is 24.4. The smallest absolute Gasteiger partial charge is 0.277 e. The minimum absolute atomic E-state index is 0.129. The Morgan fingerprint density at radius 2 is 1.58 bits per heavy atom. The molecule has 0 aliphatic heterocycles. The SMILES string of the molecule is Cc1ccc(NC(=O)COc2cccc(/C=N/NC(=O)COc3cccc4ccccc34)c2)cc1C. The number of hydrazone groups is 1. The van der Waals surface area contributed by atoms with Gasteiger partial charge in [0.2, 0.25) is 0 Å². The van der Waals surface area contributed by atoms with E-state index in [9.17, 15) is 9.59 Å². The van der Waals surface area contributed by atoms with Crippen LogP contribution >= 0.6 is 0 Å². The van der Waals surface area contributed by atoms with Crippen LogP contribution in [-0.4, -0.2) is 31.2 Å². The summed E-state index contributed by atoms with van der Waals surface area (Å²) in [5, 5.41) is 8.79. The van der Waals surface area contributed by atoms with Gasteiger partial charge in [0.1, 0.15) is 11.5 Å². The molecular formula is C29H27N3O4. The van der Waals surface area contributed by atoms with Gasteiger partial charge in [0, 0.05) is 11.1 Å². The first-order chi connectivity index (χ1) is 17.5. The molecule has 0 saturated carbocycles. The van der Waals surface area contributed by atoms with E-state index in [2.05, 4.69) is 15.8 Å². The monoisotopic (exact) mass is 481 g/mol. The molecule has 0 aromatic heterocycles. The van der Waals surface area contributed by atoms with Crippen LogP contribution in [0.25, 0.3) is 10.8 Å². The molecule has 0 spiro atoms. The largest absolute Gasteiger partial charge is 0.484 e. The fourth-order valence-corrected chi connectivity index (χ4v) is 3.53. The molecule has 0 atom stereocenters. The summed E-state index contributed by atoms with van der Waals surface area (Å²) in [5.74, 6) is 0.517. The molecule has 4 rings (SSSR count). The van der Waals surface area contributed by atoms with Crippen molar-refractivity contribution in [3.8, 4) is 11.5 Å². The van der Waals surface area contributed by atoms with Gasteiger partial charge in [0.25, 0.3) is 11.8 Å². The summed E-state index contributed by atoms with van der Waals surface area (Å²) in [5.41, 5.74) is 6.16. The first-order valence-electron chi connectivity index (χ1n) is 11.5. The third-order valence-corrected chi connectivity index (χ3v) is 5.53. The lowest BCUT2D eigenvalue weighted by Gasteiger charge is -2.09. The number of hydrogen-bond donors (Lipinski definition) is 2. The zero-order valence-corrected chi connectivity index (χ0v) is 20.2. The summed E-state index contributed by atoms with van der Waals surface area (Å²) in [6.07, 6.45) is 1.50. The first-order valence-corrected chi connectivity index (χ1v) is 11.5. The molecule has 0 aliphatic carbocycles. The second-order valence-corrected chi connectivity index (χ2v) is 8.27. The molecular weight excluding hydrogens is 454 g/mol. The number of nitrogens with one attached hydrogen (secondary N) is 2. The summed E-state index contributed by atoms with van der Waals surface area (Å²) >= 11 is 0. The molecule has 0 fully saturated rings. The van der Waals surface area contributed by atoms with Gasteiger partial charge in [-0.3, -0.25) is 9.59 Å². The summed E-state index contributed by atoms with van der Waals surface area (Å²) in [6, 6.07) is 26.3. The van der Waals surface area contributed by atoms with Crippen LogP contribution in [0.2, 0.25) is 0 Å². The highest BCUT2D eigenvalue weighted by molar-refractivity contribution is 5.92. The van der Waals surface area contributed by atoms with E-state index >= 15 is 0 Å². The van der Waals surface area contributed by atoms with Crippen LogP contribution in [0.3, 0.4) is 0 Å². The second-order valence-electron chi connectivity index (χ2n) is 8.27. The van der Waals surface area contributed by atoms with Gasteiger partial charge in [-0.15, -0.1) is 0 Å². The maximum atomic E-state index is 12.2. The van der Waals surface area contributed by atoms with Crippen molar-refractivity contribution >= 4 is 34.5 Å². The van der Waals surface area contributed by atoms with Crippen molar-refractivity contribution in [1.82, 2.24) is 5.43 Å². The zero-order valence-electron chi connectivity index (χ0n) is 20.2. The molecule has 0 heterocycles. The Bertz CT molecular complexity index is 1410. The minimum Gasteiger partial charge on any atom is -0.484 e. The highest BCUT2D eigenvalue weighted by Crippen LogP contribution is 2.25. The lowest BCUT2D eigenvalue weighted by atomic mass is 10.1. The van der Waals surface area contributed by atoms with Crippen LogP contribution in [0.1, 0.15) is 16.7 Å². The van der Waals surface area contributed by atoms with Crippen LogP contribution in [0.5, 0.6) is 11.5 Å². The lowest BCUT2D eigenvalue weighted by Crippen LogP contribution is -2.24. The number of amides is 2. The van der Waals surface area contributed by atoms with E-state index in [4.69, 9.17) is 9.47 Å². The lowest BCUT2D eigenvalue weighted by molar-refractivity contribution is -0.123. The van der Waals surface area contributed by atoms with E-state index in [-0.39, 0.29) is 25.0 Å². The molecule has 4 aromatic rings. The normalized spacial score (nSPS) is 10.8. The summed E-state index contributed by atoms with van der Waals surface area (Å²) < 4.78 is 11.3. The number of fused-ring (bicyclic) bond motifs is 1. The number of aryl methyl sites for hydroxylation is 2. The molecule has 7 heteroatoms.